The Morgan fingerprint density at radius 2 is 2.05 bits per heavy atom. The van der Waals surface area contributed by atoms with E-state index < -0.39 is 0 Å². The minimum Gasteiger partial charge on any atom is -0.488 e. The predicted molar refractivity (Wildman–Crippen MR) is 76.3 cm³/mol. The molecule has 4 atom stereocenters. The molecule has 4 unspecified atom stereocenters. The van der Waals surface area contributed by atoms with E-state index in [1.54, 1.807) is 0 Å². The molecule has 3 aliphatic rings. The summed E-state index contributed by atoms with van der Waals surface area (Å²) in [7, 11) is 0. The molecule has 0 amide bonds. The van der Waals surface area contributed by atoms with E-state index in [0.29, 0.717) is 6.10 Å². The highest BCUT2D eigenvalue weighted by Crippen LogP contribution is 2.42. The number of hydrogen-bond acceptors (Lipinski definition) is 2. The highest BCUT2D eigenvalue weighted by atomic mass is 16.5. The minimum absolute atomic E-state index is 0.325. The fourth-order valence-electron chi connectivity index (χ4n) is 3.93. The molecule has 4 rings (SSSR count). The van der Waals surface area contributed by atoms with Gasteiger partial charge in [-0.05, 0) is 48.8 Å². The molecule has 1 aromatic carbocycles. The number of benzene rings is 1. The molecule has 2 heteroatoms. The number of fused-ring (bicyclic) bond motifs is 3. The van der Waals surface area contributed by atoms with Crippen molar-refractivity contribution >= 4 is 0 Å². The van der Waals surface area contributed by atoms with Crippen molar-refractivity contribution in [1.82, 2.24) is 5.32 Å². The van der Waals surface area contributed by atoms with Crippen LogP contribution in [-0.4, -0.2) is 19.2 Å². The molecule has 0 aromatic heterocycles. The van der Waals surface area contributed by atoms with Crippen molar-refractivity contribution in [2.45, 2.75) is 25.4 Å². The van der Waals surface area contributed by atoms with Crippen LogP contribution in [0.25, 0.3) is 0 Å². The van der Waals surface area contributed by atoms with Crippen LogP contribution in [-0.2, 0) is 6.42 Å². The normalized spacial score (nSPS) is 34.5. The minimum atomic E-state index is 0.325. The summed E-state index contributed by atoms with van der Waals surface area (Å²) in [5.74, 6) is 3.67. The van der Waals surface area contributed by atoms with Gasteiger partial charge in [-0.25, -0.2) is 0 Å². The van der Waals surface area contributed by atoms with Gasteiger partial charge in [0.15, 0.2) is 0 Å². The number of allylic oxidation sites excluding steroid dienone is 2. The molecular formula is C17H21NO. The van der Waals surface area contributed by atoms with Gasteiger partial charge in [-0.2, -0.15) is 0 Å². The number of para-hydroxylation sites is 1. The van der Waals surface area contributed by atoms with Gasteiger partial charge in [-0.3, -0.25) is 0 Å². The summed E-state index contributed by atoms with van der Waals surface area (Å²) in [5, 5.41) is 3.63. The maximum atomic E-state index is 5.96. The molecule has 100 valence electrons. The summed E-state index contributed by atoms with van der Waals surface area (Å²) in [6.07, 6.45) is 9.02. The molecule has 0 saturated heterocycles. The van der Waals surface area contributed by atoms with Crippen LogP contribution in [0.4, 0.5) is 0 Å². The SMILES string of the molecule is C1=CC2CC1CC2CNCC1Cc2ccccc2O1. The fraction of sp³-hybridized carbons (Fsp3) is 0.529. The number of rotatable bonds is 4. The predicted octanol–water partition coefficient (Wildman–Crippen LogP) is 2.79. The lowest BCUT2D eigenvalue weighted by atomic mass is 9.93. The zero-order chi connectivity index (χ0) is 12.7. The summed E-state index contributed by atoms with van der Waals surface area (Å²) in [6.45, 7) is 2.13. The largest absolute Gasteiger partial charge is 0.488 e. The Hall–Kier alpha value is -1.28. The van der Waals surface area contributed by atoms with Crippen molar-refractivity contribution in [2.24, 2.45) is 17.8 Å². The molecule has 2 bridgehead atoms. The van der Waals surface area contributed by atoms with Crippen LogP contribution in [0.5, 0.6) is 5.75 Å². The van der Waals surface area contributed by atoms with E-state index in [0.717, 1.165) is 43.0 Å². The van der Waals surface area contributed by atoms with Gasteiger partial charge in [0.25, 0.3) is 0 Å². The Bertz CT molecular complexity index is 471. The van der Waals surface area contributed by atoms with Crippen LogP contribution >= 0.6 is 0 Å². The molecule has 1 heterocycles. The highest BCUT2D eigenvalue weighted by Gasteiger charge is 2.35. The lowest BCUT2D eigenvalue weighted by Crippen LogP contribution is -2.34. The molecule has 1 saturated carbocycles. The van der Waals surface area contributed by atoms with Gasteiger partial charge in [-0.1, -0.05) is 30.4 Å². The summed E-state index contributed by atoms with van der Waals surface area (Å²) < 4.78 is 5.96. The maximum absolute atomic E-state index is 5.96. The fourth-order valence-corrected chi connectivity index (χ4v) is 3.93. The molecule has 0 spiro atoms. The van der Waals surface area contributed by atoms with E-state index >= 15 is 0 Å². The highest BCUT2D eigenvalue weighted by molar-refractivity contribution is 5.37. The van der Waals surface area contributed by atoms with Crippen LogP contribution in [0.3, 0.4) is 0 Å². The van der Waals surface area contributed by atoms with E-state index in [2.05, 4.69) is 41.7 Å². The summed E-state index contributed by atoms with van der Waals surface area (Å²) >= 11 is 0. The van der Waals surface area contributed by atoms with Crippen molar-refractivity contribution < 1.29 is 4.74 Å². The Labute approximate surface area is 114 Å². The van der Waals surface area contributed by atoms with Crippen LogP contribution in [0, 0.1) is 17.8 Å². The Morgan fingerprint density at radius 3 is 2.84 bits per heavy atom. The number of hydrogen-bond donors (Lipinski definition) is 1. The van der Waals surface area contributed by atoms with Gasteiger partial charge in [-0.15, -0.1) is 0 Å². The lowest BCUT2D eigenvalue weighted by Gasteiger charge is -2.20. The van der Waals surface area contributed by atoms with E-state index in [1.807, 2.05) is 0 Å². The molecule has 1 fully saturated rings. The smallest absolute Gasteiger partial charge is 0.123 e. The van der Waals surface area contributed by atoms with Crippen LogP contribution in [0.15, 0.2) is 36.4 Å². The molecule has 1 N–H and O–H groups in total. The molecular weight excluding hydrogens is 234 g/mol. The lowest BCUT2D eigenvalue weighted by molar-refractivity contribution is 0.223. The van der Waals surface area contributed by atoms with Gasteiger partial charge in [0.1, 0.15) is 11.9 Å². The second-order valence-corrected chi connectivity index (χ2v) is 6.25. The van der Waals surface area contributed by atoms with Gasteiger partial charge in [0, 0.05) is 13.0 Å². The summed E-state index contributed by atoms with van der Waals surface area (Å²) in [4.78, 5) is 0. The quantitative estimate of drug-likeness (QED) is 0.835. The van der Waals surface area contributed by atoms with Crippen molar-refractivity contribution in [3.05, 3.63) is 42.0 Å². The average molecular weight is 255 g/mol. The van der Waals surface area contributed by atoms with Gasteiger partial charge >= 0.3 is 0 Å². The molecule has 1 aliphatic heterocycles. The Morgan fingerprint density at radius 1 is 1.11 bits per heavy atom. The number of nitrogens with one attached hydrogen (secondary N) is 1. The third kappa shape index (κ3) is 2.18. The second kappa shape index (κ2) is 4.68. The van der Waals surface area contributed by atoms with Crippen LogP contribution < -0.4 is 10.1 Å². The Balaban J connectivity index is 1.25. The first-order valence-electron chi connectivity index (χ1n) is 7.52. The third-order valence-corrected chi connectivity index (χ3v) is 4.91. The van der Waals surface area contributed by atoms with Gasteiger partial charge in [0.2, 0.25) is 0 Å². The van der Waals surface area contributed by atoms with E-state index in [4.69, 9.17) is 4.74 Å². The topological polar surface area (TPSA) is 21.3 Å². The van der Waals surface area contributed by atoms with Crippen LogP contribution in [0.1, 0.15) is 18.4 Å². The molecule has 2 nitrogen and oxygen atoms in total. The average Bonchev–Trinajstić information content (AvgIpc) is 3.12. The summed E-state index contributed by atoms with van der Waals surface area (Å²) in [5.41, 5.74) is 1.36. The third-order valence-electron chi connectivity index (χ3n) is 4.91. The Kier molecular flexibility index (Phi) is 2.84. The first kappa shape index (κ1) is 11.5. The van der Waals surface area contributed by atoms with E-state index in [-0.39, 0.29) is 0 Å². The van der Waals surface area contributed by atoms with Crippen molar-refractivity contribution in [3.8, 4) is 5.75 Å². The van der Waals surface area contributed by atoms with E-state index in [1.165, 1.54) is 18.4 Å². The van der Waals surface area contributed by atoms with Gasteiger partial charge < -0.3 is 10.1 Å². The van der Waals surface area contributed by atoms with Crippen molar-refractivity contribution in [3.63, 3.8) is 0 Å². The zero-order valence-electron chi connectivity index (χ0n) is 11.2. The molecule has 2 aliphatic carbocycles. The molecule has 19 heavy (non-hydrogen) atoms. The van der Waals surface area contributed by atoms with Crippen molar-refractivity contribution in [1.29, 1.82) is 0 Å². The molecule has 1 aromatic rings. The monoisotopic (exact) mass is 255 g/mol. The zero-order valence-corrected chi connectivity index (χ0v) is 11.2. The standard InChI is InChI=1S/C17H21NO/c1-2-4-17-14(3-1)9-16(19-17)11-18-10-15-8-12-5-6-13(15)7-12/h1-6,12-13,15-16,18H,7-11H2. The number of ether oxygens (including phenoxy) is 1. The maximum Gasteiger partial charge on any atom is 0.123 e. The molecule has 0 radical (unpaired) electrons. The van der Waals surface area contributed by atoms with Crippen molar-refractivity contribution in [2.75, 3.05) is 13.1 Å². The first-order valence-corrected chi connectivity index (χ1v) is 7.52. The van der Waals surface area contributed by atoms with E-state index in [9.17, 15) is 0 Å². The second-order valence-electron chi connectivity index (χ2n) is 6.25. The van der Waals surface area contributed by atoms with Crippen LogP contribution in [0.2, 0.25) is 0 Å². The van der Waals surface area contributed by atoms with Gasteiger partial charge in [0.05, 0.1) is 0 Å². The first-order chi connectivity index (χ1) is 9.38. The summed E-state index contributed by atoms with van der Waals surface area (Å²) in [6, 6.07) is 8.40.